The maximum absolute atomic E-state index is 13.2. The summed E-state index contributed by atoms with van der Waals surface area (Å²) < 4.78 is 11.7. The van der Waals surface area contributed by atoms with Gasteiger partial charge in [-0.05, 0) is 55.7 Å². The Labute approximate surface area is 284 Å². The molecule has 12 heteroatoms. The number of carbonyl (C=O) groups is 3. The van der Waals surface area contributed by atoms with Crippen molar-refractivity contribution in [3.8, 4) is 11.5 Å². The van der Waals surface area contributed by atoms with Gasteiger partial charge in [-0.2, -0.15) is 0 Å². The van der Waals surface area contributed by atoms with Crippen molar-refractivity contribution in [3.63, 3.8) is 0 Å². The summed E-state index contributed by atoms with van der Waals surface area (Å²) in [5, 5.41) is 3.62. The number of nitrogens with zero attached hydrogens (tertiary/aromatic N) is 4. The maximum atomic E-state index is 13.2. The number of hydrogen-bond acceptors (Lipinski definition) is 8. The van der Waals surface area contributed by atoms with Crippen LogP contribution in [-0.4, -0.2) is 104 Å². The predicted molar refractivity (Wildman–Crippen MR) is 183 cm³/mol. The monoisotopic (exact) mass is 677 g/mol. The number of methoxy groups -OCH3 is 1. The van der Waals surface area contributed by atoms with Crippen LogP contribution in [0.2, 0.25) is 10.0 Å². The fourth-order valence-electron chi connectivity index (χ4n) is 6.26. The van der Waals surface area contributed by atoms with Gasteiger partial charge in [0.2, 0.25) is 5.91 Å². The molecule has 47 heavy (non-hydrogen) atoms. The number of anilines is 1. The number of amides is 2. The van der Waals surface area contributed by atoms with Crippen molar-refractivity contribution in [1.82, 2.24) is 14.7 Å². The Balaban J connectivity index is 0.966. The van der Waals surface area contributed by atoms with E-state index in [-0.39, 0.29) is 35.7 Å². The first-order valence-electron chi connectivity index (χ1n) is 15.8. The number of benzene rings is 3. The smallest absolute Gasteiger partial charge is 0.256 e. The highest BCUT2D eigenvalue weighted by molar-refractivity contribution is 6.36. The van der Waals surface area contributed by atoms with Crippen molar-refractivity contribution >= 4 is 58.4 Å². The average Bonchev–Trinajstić information content (AvgIpc) is 3.51. The minimum absolute atomic E-state index is 0.0141. The van der Waals surface area contributed by atoms with Crippen molar-refractivity contribution in [1.29, 1.82) is 0 Å². The number of halogens is 2. The molecule has 0 saturated carbocycles. The minimum atomic E-state index is -0.310. The number of carbonyl (C=O) groups excluding carboxylic acids is 3. The predicted octanol–water partition coefficient (Wildman–Crippen LogP) is 5.58. The topological polar surface area (TPSA) is 104 Å². The van der Waals surface area contributed by atoms with Crippen LogP contribution in [0.1, 0.15) is 45.5 Å². The van der Waals surface area contributed by atoms with Gasteiger partial charge >= 0.3 is 0 Å². The molecule has 3 aromatic rings. The molecule has 0 bridgehead atoms. The molecule has 0 aliphatic carbocycles. The number of piperazine rings is 1. The van der Waals surface area contributed by atoms with E-state index in [1.165, 1.54) is 0 Å². The first-order chi connectivity index (χ1) is 22.8. The third-order valence-corrected chi connectivity index (χ3v) is 9.35. The van der Waals surface area contributed by atoms with Crippen LogP contribution in [0, 0.1) is 0 Å². The average molecular weight is 679 g/mol. The van der Waals surface area contributed by atoms with Gasteiger partial charge < -0.3 is 24.6 Å². The second-order valence-corrected chi connectivity index (χ2v) is 12.7. The number of fused-ring (bicyclic) bond motifs is 2. The van der Waals surface area contributed by atoms with Crippen molar-refractivity contribution in [2.45, 2.75) is 25.3 Å². The van der Waals surface area contributed by atoms with Gasteiger partial charge in [0.05, 0.1) is 48.3 Å². The highest BCUT2D eigenvalue weighted by Gasteiger charge is 2.32. The molecule has 6 rings (SSSR count). The van der Waals surface area contributed by atoms with E-state index >= 15 is 0 Å². The van der Waals surface area contributed by atoms with Gasteiger partial charge in [0.15, 0.2) is 17.3 Å². The number of nitrogens with one attached hydrogen (secondary N) is 1. The summed E-state index contributed by atoms with van der Waals surface area (Å²) in [5.74, 6) is 0.570. The first kappa shape index (κ1) is 33.0. The molecule has 0 unspecified atom stereocenters. The minimum Gasteiger partial charge on any atom is -0.493 e. The highest BCUT2D eigenvalue weighted by atomic mass is 35.5. The summed E-state index contributed by atoms with van der Waals surface area (Å²) in [6.07, 6.45) is 4.59. The van der Waals surface area contributed by atoms with Gasteiger partial charge in [0, 0.05) is 67.7 Å². The van der Waals surface area contributed by atoms with Gasteiger partial charge in [-0.15, -0.1) is 0 Å². The summed E-state index contributed by atoms with van der Waals surface area (Å²) in [6.45, 7) is 5.41. The molecule has 1 atom stereocenters. The van der Waals surface area contributed by atoms with E-state index in [4.69, 9.17) is 32.7 Å². The molecule has 10 nitrogen and oxygen atoms in total. The third kappa shape index (κ3) is 7.62. The normalized spacial score (nSPS) is 18.0. The Bertz CT molecular complexity index is 1690. The standard InChI is InChI=1S/C35H37Cl2N5O5/c1-46-31-19-27-30(38-21-24-6-4-12-42(24)35(27)45)20-32(31)47-17-5-11-40-13-15-41(16-14-40)22-33(43)39-29-10-9-23(36)18-26(29)34(44)25-7-2-3-8-28(25)37/h2-3,7-10,18-21,24H,4-6,11-17,22H2,1H3,(H,39,43)/t24-/m0/s1. The van der Waals surface area contributed by atoms with E-state index in [0.717, 1.165) is 58.5 Å². The van der Waals surface area contributed by atoms with E-state index in [1.54, 1.807) is 61.7 Å². The van der Waals surface area contributed by atoms with Gasteiger partial charge in [-0.25, -0.2) is 0 Å². The molecule has 3 aliphatic rings. The Morgan fingerprint density at radius 2 is 1.74 bits per heavy atom. The summed E-state index contributed by atoms with van der Waals surface area (Å²) in [6, 6.07) is 15.2. The van der Waals surface area contributed by atoms with Gasteiger partial charge in [0.25, 0.3) is 5.91 Å². The molecule has 2 fully saturated rings. The molecule has 3 aromatic carbocycles. The van der Waals surface area contributed by atoms with Crippen LogP contribution in [0.3, 0.4) is 0 Å². The molecule has 0 spiro atoms. The summed E-state index contributed by atoms with van der Waals surface area (Å²) in [5.41, 5.74) is 2.18. The lowest BCUT2D eigenvalue weighted by Gasteiger charge is -2.34. The number of hydrogen-bond donors (Lipinski definition) is 1. The fourth-order valence-corrected chi connectivity index (χ4v) is 6.65. The van der Waals surface area contributed by atoms with E-state index in [1.807, 2.05) is 11.1 Å². The zero-order valence-corrected chi connectivity index (χ0v) is 27.7. The number of aliphatic imine (C=N–C) groups is 1. The highest BCUT2D eigenvalue weighted by Crippen LogP contribution is 2.38. The molecule has 1 N–H and O–H groups in total. The van der Waals surface area contributed by atoms with Crippen LogP contribution < -0.4 is 14.8 Å². The van der Waals surface area contributed by atoms with Gasteiger partial charge in [0.1, 0.15) is 0 Å². The van der Waals surface area contributed by atoms with Crippen LogP contribution in [0.25, 0.3) is 0 Å². The van der Waals surface area contributed by atoms with Crippen LogP contribution >= 0.6 is 23.2 Å². The number of ether oxygens (including phenoxy) is 2. The number of rotatable bonds is 11. The van der Waals surface area contributed by atoms with Crippen molar-refractivity contribution in [2.24, 2.45) is 4.99 Å². The number of ketones is 1. The zero-order valence-electron chi connectivity index (χ0n) is 26.2. The van der Waals surface area contributed by atoms with Gasteiger partial charge in [-0.1, -0.05) is 35.3 Å². The lowest BCUT2D eigenvalue weighted by atomic mass is 10.0. The quantitative estimate of drug-likeness (QED) is 0.209. The molecule has 0 radical (unpaired) electrons. The molecule has 0 aromatic heterocycles. The molecule has 3 aliphatic heterocycles. The van der Waals surface area contributed by atoms with Crippen LogP contribution in [0.4, 0.5) is 11.4 Å². The van der Waals surface area contributed by atoms with Crippen LogP contribution in [0.5, 0.6) is 11.5 Å². The molecule has 2 amide bonds. The van der Waals surface area contributed by atoms with Crippen molar-refractivity contribution in [2.75, 3.05) is 64.8 Å². The Kier molecular flexibility index (Phi) is 10.4. The summed E-state index contributed by atoms with van der Waals surface area (Å²) in [4.78, 5) is 50.3. The lowest BCUT2D eigenvalue weighted by Crippen LogP contribution is -2.48. The van der Waals surface area contributed by atoms with E-state index in [9.17, 15) is 14.4 Å². The Morgan fingerprint density at radius 3 is 2.53 bits per heavy atom. The van der Waals surface area contributed by atoms with Crippen molar-refractivity contribution in [3.05, 3.63) is 81.3 Å². The second-order valence-electron chi connectivity index (χ2n) is 11.9. The Hall–Kier alpha value is -3.96. The SMILES string of the molecule is COc1cc2c(cc1OCCCN1CCN(CC(=O)Nc3ccc(Cl)cc3C(=O)c3ccccc3Cl)CC1)N=C[C@@H]1CCCN1C2=O. The lowest BCUT2D eigenvalue weighted by molar-refractivity contribution is -0.117. The third-order valence-electron chi connectivity index (χ3n) is 8.79. The summed E-state index contributed by atoms with van der Waals surface area (Å²) in [7, 11) is 1.58. The van der Waals surface area contributed by atoms with Gasteiger partial charge in [-0.3, -0.25) is 24.3 Å². The maximum Gasteiger partial charge on any atom is 0.256 e. The first-order valence-corrected chi connectivity index (χ1v) is 16.6. The second kappa shape index (κ2) is 14.9. The van der Waals surface area contributed by atoms with E-state index < -0.39 is 0 Å². The van der Waals surface area contributed by atoms with Crippen LogP contribution in [-0.2, 0) is 4.79 Å². The molecule has 3 heterocycles. The zero-order chi connectivity index (χ0) is 32.9. The van der Waals surface area contributed by atoms with Crippen molar-refractivity contribution < 1.29 is 23.9 Å². The molecule has 2 saturated heterocycles. The van der Waals surface area contributed by atoms with Crippen LogP contribution in [0.15, 0.2) is 59.6 Å². The molecule has 246 valence electrons. The molecular formula is C35H37Cl2N5O5. The van der Waals surface area contributed by atoms with E-state index in [2.05, 4.69) is 20.1 Å². The largest absolute Gasteiger partial charge is 0.493 e. The Morgan fingerprint density at radius 1 is 0.957 bits per heavy atom. The summed E-state index contributed by atoms with van der Waals surface area (Å²) >= 11 is 12.4. The fraction of sp³-hybridized carbons (Fsp3) is 0.371. The van der Waals surface area contributed by atoms with E-state index in [0.29, 0.717) is 50.7 Å². The molecular weight excluding hydrogens is 641 g/mol.